The van der Waals surface area contributed by atoms with Crippen molar-refractivity contribution in [1.29, 1.82) is 0 Å². The summed E-state index contributed by atoms with van der Waals surface area (Å²) in [6, 6.07) is 7.76. The van der Waals surface area contributed by atoms with Crippen LogP contribution in [0.25, 0.3) is 0 Å². The Bertz CT molecular complexity index is 675. The van der Waals surface area contributed by atoms with Gasteiger partial charge in [0.15, 0.2) is 0 Å². The molecule has 1 atom stereocenters. The number of rotatable bonds is 6. The minimum Gasteiger partial charge on any atom is -0.497 e. The van der Waals surface area contributed by atoms with Crippen LogP contribution < -0.4 is 19.5 Å². The van der Waals surface area contributed by atoms with Gasteiger partial charge in [-0.3, -0.25) is 0 Å². The molecule has 8 heteroatoms. The lowest BCUT2D eigenvalue weighted by Crippen LogP contribution is -2.17. The number of anilines is 1. The number of nitrogens with one attached hydrogen (secondary N) is 1. The first-order chi connectivity index (χ1) is 11.3. The number of pyridine rings is 1. The van der Waals surface area contributed by atoms with E-state index >= 15 is 0 Å². The van der Waals surface area contributed by atoms with Crippen LogP contribution in [0.15, 0.2) is 36.5 Å². The zero-order valence-electron chi connectivity index (χ0n) is 13.3. The first-order valence-corrected chi connectivity index (χ1v) is 7.02. The first kappa shape index (κ1) is 17.7. The summed E-state index contributed by atoms with van der Waals surface area (Å²) in [5.74, 6) is 1.36. The van der Waals surface area contributed by atoms with E-state index in [0.29, 0.717) is 17.3 Å². The molecule has 24 heavy (non-hydrogen) atoms. The van der Waals surface area contributed by atoms with Crippen molar-refractivity contribution < 1.29 is 27.4 Å². The lowest BCUT2D eigenvalue weighted by Gasteiger charge is -2.19. The van der Waals surface area contributed by atoms with E-state index < -0.39 is 6.36 Å². The van der Waals surface area contributed by atoms with Crippen molar-refractivity contribution in [2.24, 2.45) is 0 Å². The molecule has 0 spiro atoms. The van der Waals surface area contributed by atoms with Crippen LogP contribution in [0, 0.1) is 0 Å². The summed E-state index contributed by atoms with van der Waals surface area (Å²) in [5, 5.41) is 3.09. The fraction of sp³-hybridized carbons (Fsp3) is 0.312. The zero-order chi connectivity index (χ0) is 17.7. The van der Waals surface area contributed by atoms with Gasteiger partial charge in [0.25, 0.3) is 0 Å². The van der Waals surface area contributed by atoms with E-state index in [4.69, 9.17) is 9.47 Å². The Hall–Kier alpha value is -2.64. The van der Waals surface area contributed by atoms with Gasteiger partial charge in [-0.2, -0.15) is 0 Å². The summed E-state index contributed by atoms with van der Waals surface area (Å²) < 4.78 is 50.7. The lowest BCUT2D eigenvalue weighted by molar-refractivity contribution is -0.274. The normalized spacial score (nSPS) is 12.4. The van der Waals surface area contributed by atoms with E-state index in [0.717, 1.165) is 11.8 Å². The molecule has 0 bridgehead atoms. The standard InChI is InChI=1S/C16H17F3N2O3/c1-10(13-8-11(22-2)4-6-14(13)23-3)21-15-7-5-12(9-20-15)24-16(17,18)19/h4-10H,1-3H3,(H,20,21). The van der Waals surface area contributed by atoms with Gasteiger partial charge in [0.2, 0.25) is 0 Å². The molecule has 2 aromatic rings. The molecule has 0 aliphatic heterocycles. The van der Waals surface area contributed by atoms with Gasteiger partial charge in [0, 0.05) is 5.56 Å². The summed E-state index contributed by atoms with van der Waals surface area (Å²) in [6.45, 7) is 1.87. The minimum atomic E-state index is -4.74. The number of nitrogens with zero attached hydrogens (tertiary/aromatic N) is 1. The maximum absolute atomic E-state index is 12.1. The zero-order valence-corrected chi connectivity index (χ0v) is 13.3. The number of hydrogen-bond donors (Lipinski definition) is 1. The van der Waals surface area contributed by atoms with E-state index in [1.807, 2.05) is 13.0 Å². The van der Waals surface area contributed by atoms with E-state index in [1.54, 1.807) is 26.4 Å². The van der Waals surface area contributed by atoms with Crippen molar-refractivity contribution in [2.45, 2.75) is 19.3 Å². The molecule has 0 saturated carbocycles. The fourth-order valence-electron chi connectivity index (χ4n) is 2.14. The predicted octanol–water partition coefficient (Wildman–Crippen LogP) is 4.17. The van der Waals surface area contributed by atoms with E-state index in [1.165, 1.54) is 12.1 Å². The Kier molecular flexibility index (Phi) is 5.38. The summed E-state index contributed by atoms with van der Waals surface area (Å²) >= 11 is 0. The smallest absolute Gasteiger partial charge is 0.497 e. The maximum atomic E-state index is 12.1. The molecule has 1 heterocycles. The number of halogens is 3. The van der Waals surface area contributed by atoms with Crippen LogP contribution >= 0.6 is 0 Å². The summed E-state index contributed by atoms with van der Waals surface area (Å²) in [4.78, 5) is 3.92. The van der Waals surface area contributed by atoms with Crippen LogP contribution in [0.4, 0.5) is 19.0 Å². The molecule has 1 N–H and O–H groups in total. The van der Waals surface area contributed by atoms with Gasteiger partial charge in [0.1, 0.15) is 23.1 Å². The monoisotopic (exact) mass is 342 g/mol. The van der Waals surface area contributed by atoms with Gasteiger partial charge >= 0.3 is 6.36 Å². The summed E-state index contributed by atoms with van der Waals surface area (Å²) in [5.41, 5.74) is 0.828. The van der Waals surface area contributed by atoms with Crippen LogP contribution in [0.2, 0.25) is 0 Å². The molecule has 1 aromatic heterocycles. The minimum absolute atomic E-state index is 0.211. The molecule has 0 radical (unpaired) electrons. The summed E-state index contributed by atoms with van der Waals surface area (Å²) in [7, 11) is 3.12. The highest BCUT2D eigenvalue weighted by atomic mass is 19.4. The molecule has 0 aliphatic rings. The molecule has 0 amide bonds. The third-order valence-corrected chi connectivity index (χ3v) is 3.24. The molecule has 1 aromatic carbocycles. The second-order valence-corrected chi connectivity index (χ2v) is 4.90. The molecule has 1 unspecified atom stereocenters. The Morgan fingerprint density at radius 1 is 1.04 bits per heavy atom. The molecular weight excluding hydrogens is 325 g/mol. The van der Waals surface area contributed by atoms with Gasteiger partial charge in [-0.05, 0) is 37.3 Å². The average molecular weight is 342 g/mol. The van der Waals surface area contributed by atoms with E-state index in [2.05, 4.69) is 15.0 Å². The third kappa shape index (κ3) is 4.68. The van der Waals surface area contributed by atoms with Crippen LogP contribution in [-0.2, 0) is 0 Å². The van der Waals surface area contributed by atoms with Gasteiger partial charge in [-0.25, -0.2) is 4.98 Å². The predicted molar refractivity (Wildman–Crippen MR) is 82.5 cm³/mol. The number of aromatic nitrogens is 1. The Balaban J connectivity index is 2.13. The van der Waals surface area contributed by atoms with Crippen LogP contribution in [-0.4, -0.2) is 25.6 Å². The average Bonchev–Trinajstić information content (AvgIpc) is 2.54. The summed E-state index contributed by atoms with van der Waals surface area (Å²) in [6.07, 6.45) is -3.73. The Morgan fingerprint density at radius 3 is 2.29 bits per heavy atom. The molecule has 2 rings (SSSR count). The Labute approximate surface area is 137 Å². The first-order valence-electron chi connectivity index (χ1n) is 7.02. The topological polar surface area (TPSA) is 52.6 Å². The van der Waals surface area contributed by atoms with Gasteiger partial charge < -0.3 is 19.5 Å². The van der Waals surface area contributed by atoms with Crippen LogP contribution in [0.5, 0.6) is 17.2 Å². The van der Waals surface area contributed by atoms with Crippen molar-refractivity contribution in [3.63, 3.8) is 0 Å². The van der Waals surface area contributed by atoms with Crippen molar-refractivity contribution >= 4 is 5.82 Å². The SMILES string of the molecule is COc1ccc(OC)c(C(C)Nc2ccc(OC(F)(F)F)cn2)c1. The molecule has 130 valence electrons. The van der Waals surface area contributed by atoms with Gasteiger partial charge in [-0.1, -0.05) is 0 Å². The highest BCUT2D eigenvalue weighted by molar-refractivity contribution is 5.47. The van der Waals surface area contributed by atoms with Gasteiger partial charge in [-0.15, -0.1) is 13.2 Å². The second-order valence-electron chi connectivity index (χ2n) is 4.90. The molecule has 5 nitrogen and oxygen atoms in total. The molecule has 0 fully saturated rings. The lowest BCUT2D eigenvalue weighted by atomic mass is 10.1. The molecule has 0 saturated heterocycles. The van der Waals surface area contributed by atoms with Crippen LogP contribution in [0.3, 0.4) is 0 Å². The second kappa shape index (κ2) is 7.29. The van der Waals surface area contributed by atoms with E-state index in [9.17, 15) is 13.2 Å². The van der Waals surface area contributed by atoms with Crippen LogP contribution in [0.1, 0.15) is 18.5 Å². The fourth-order valence-corrected chi connectivity index (χ4v) is 2.14. The van der Waals surface area contributed by atoms with Crippen molar-refractivity contribution in [3.05, 3.63) is 42.1 Å². The van der Waals surface area contributed by atoms with E-state index in [-0.39, 0.29) is 11.8 Å². The number of ether oxygens (including phenoxy) is 3. The highest BCUT2D eigenvalue weighted by Crippen LogP contribution is 2.31. The third-order valence-electron chi connectivity index (χ3n) is 3.24. The maximum Gasteiger partial charge on any atom is 0.573 e. The quantitative estimate of drug-likeness (QED) is 0.854. The van der Waals surface area contributed by atoms with Crippen molar-refractivity contribution in [1.82, 2.24) is 4.98 Å². The van der Waals surface area contributed by atoms with Crippen molar-refractivity contribution in [2.75, 3.05) is 19.5 Å². The molecular formula is C16H17F3N2O3. The number of benzene rings is 1. The van der Waals surface area contributed by atoms with Crippen molar-refractivity contribution in [3.8, 4) is 17.2 Å². The number of alkyl halides is 3. The number of hydrogen-bond acceptors (Lipinski definition) is 5. The Morgan fingerprint density at radius 2 is 1.75 bits per heavy atom. The highest BCUT2D eigenvalue weighted by Gasteiger charge is 2.31. The van der Waals surface area contributed by atoms with Gasteiger partial charge in [0.05, 0.1) is 26.5 Å². The molecule has 0 aliphatic carbocycles. The number of methoxy groups -OCH3 is 2. The largest absolute Gasteiger partial charge is 0.573 e.